The molecule has 0 aromatic carbocycles. The molecule has 0 radical (unpaired) electrons. The Labute approximate surface area is 92.2 Å². The first-order valence-electron chi connectivity index (χ1n) is 4.64. The molecule has 0 aliphatic rings. The summed E-state index contributed by atoms with van der Waals surface area (Å²) in [5.74, 6) is 0.427. The SMILES string of the molecule is COC(=O)Oc1ccn(-c2cccnc2)c1. The predicted molar refractivity (Wildman–Crippen MR) is 56.6 cm³/mol. The average Bonchev–Trinajstić information content (AvgIpc) is 2.78. The summed E-state index contributed by atoms with van der Waals surface area (Å²) in [5, 5.41) is 0. The van der Waals surface area contributed by atoms with Crippen LogP contribution in [0, 0.1) is 0 Å². The van der Waals surface area contributed by atoms with Crippen molar-refractivity contribution in [1.82, 2.24) is 9.55 Å². The summed E-state index contributed by atoms with van der Waals surface area (Å²) in [7, 11) is 1.26. The number of rotatable bonds is 2. The minimum atomic E-state index is -0.732. The van der Waals surface area contributed by atoms with Crippen molar-refractivity contribution in [2.45, 2.75) is 0 Å². The molecule has 0 saturated carbocycles. The molecule has 0 atom stereocenters. The summed E-state index contributed by atoms with van der Waals surface area (Å²) in [5.41, 5.74) is 0.891. The van der Waals surface area contributed by atoms with E-state index in [2.05, 4.69) is 9.72 Å². The Hall–Kier alpha value is -2.30. The van der Waals surface area contributed by atoms with Crippen molar-refractivity contribution in [2.75, 3.05) is 7.11 Å². The molecule has 82 valence electrons. The third-order valence-electron chi connectivity index (χ3n) is 1.98. The lowest BCUT2D eigenvalue weighted by atomic mass is 10.4. The first-order valence-corrected chi connectivity index (χ1v) is 4.64. The molecule has 0 bridgehead atoms. The molecule has 0 spiro atoms. The fourth-order valence-electron chi connectivity index (χ4n) is 1.24. The van der Waals surface area contributed by atoms with Gasteiger partial charge in [-0.15, -0.1) is 0 Å². The molecular formula is C11H10N2O3. The standard InChI is InChI=1S/C11H10N2O3/c1-15-11(14)16-10-4-6-13(8-10)9-3-2-5-12-7-9/h2-8H,1H3. The highest BCUT2D eigenvalue weighted by Crippen LogP contribution is 2.15. The second-order valence-electron chi connectivity index (χ2n) is 3.02. The molecule has 2 rings (SSSR count). The number of nitrogens with zero attached hydrogens (tertiary/aromatic N) is 2. The largest absolute Gasteiger partial charge is 0.513 e. The number of carbonyl (C=O) groups is 1. The maximum Gasteiger partial charge on any atom is 0.513 e. The lowest BCUT2D eigenvalue weighted by molar-refractivity contribution is 0.121. The molecule has 16 heavy (non-hydrogen) atoms. The third kappa shape index (κ3) is 2.20. The third-order valence-corrected chi connectivity index (χ3v) is 1.98. The predicted octanol–water partition coefficient (Wildman–Crippen LogP) is 2.02. The lowest BCUT2D eigenvalue weighted by Gasteiger charge is -2.00. The van der Waals surface area contributed by atoms with Gasteiger partial charge in [0.15, 0.2) is 5.75 Å². The van der Waals surface area contributed by atoms with Gasteiger partial charge in [0.2, 0.25) is 0 Å². The van der Waals surface area contributed by atoms with E-state index in [1.165, 1.54) is 7.11 Å². The van der Waals surface area contributed by atoms with E-state index in [0.29, 0.717) is 5.75 Å². The van der Waals surface area contributed by atoms with Gasteiger partial charge in [-0.2, -0.15) is 0 Å². The molecule has 0 aliphatic carbocycles. The summed E-state index contributed by atoms with van der Waals surface area (Å²) in [4.78, 5) is 14.9. The normalized spacial score (nSPS) is 9.81. The highest BCUT2D eigenvalue weighted by molar-refractivity contribution is 5.63. The van der Waals surface area contributed by atoms with Crippen molar-refractivity contribution in [3.8, 4) is 11.4 Å². The number of ether oxygens (including phenoxy) is 2. The lowest BCUT2D eigenvalue weighted by Crippen LogP contribution is -2.06. The van der Waals surface area contributed by atoms with Gasteiger partial charge in [-0.25, -0.2) is 4.79 Å². The molecule has 0 unspecified atom stereocenters. The molecule has 0 aliphatic heterocycles. The Morgan fingerprint density at radius 3 is 3.00 bits per heavy atom. The van der Waals surface area contributed by atoms with E-state index in [4.69, 9.17) is 4.74 Å². The molecule has 2 aromatic heterocycles. The molecule has 5 heteroatoms. The highest BCUT2D eigenvalue weighted by atomic mass is 16.7. The summed E-state index contributed by atoms with van der Waals surface area (Å²) >= 11 is 0. The highest BCUT2D eigenvalue weighted by Gasteiger charge is 2.05. The zero-order valence-electron chi connectivity index (χ0n) is 8.66. The first-order chi connectivity index (χ1) is 7.79. The van der Waals surface area contributed by atoms with E-state index < -0.39 is 6.16 Å². The van der Waals surface area contributed by atoms with Crippen LogP contribution >= 0.6 is 0 Å². The summed E-state index contributed by atoms with van der Waals surface area (Å²) in [6.07, 6.45) is 6.12. The van der Waals surface area contributed by atoms with Gasteiger partial charge in [-0.3, -0.25) is 4.98 Å². The number of hydrogen-bond acceptors (Lipinski definition) is 4. The molecule has 5 nitrogen and oxygen atoms in total. The van der Waals surface area contributed by atoms with Gasteiger partial charge in [-0.1, -0.05) is 0 Å². The van der Waals surface area contributed by atoms with Crippen molar-refractivity contribution in [1.29, 1.82) is 0 Å². The summed E-state index contributed by atoms with van der Waals surface area (Å²) < 4.78 is 11.0. The van der Waals surface area contributed by atoms with Crippen LogP contribution in [0.4, 0.5) is 4.79 Å². The molecule has 2 heterocycles. The molecule has 0 amide bonds. The van der Waals surface area contributed by atoms with Crippen LogP contribution < -0.4 is 4.74 Å². The minimum absolute atomic E-state index is 0.427. The van der Waals surface area contributed by atoms with Gasteiger partial charge in [-0.05, 0) is 18.2 Å². The van der Waals surface area contributed by atoms with Crippen LogP contribution in [0.25, 0.3) is 5.69 Å². The molecule has 0 N–H and O–H groups in total. The maximum absolute atomic E-state index is 10.9. The zero-order valence-corrected chi connectivity index (χ0v) is 8.66. The van der Waals surface area contributed by atoms with Crippen LogP contribution in [-0.2, 0) is 4.74 Å². The number of hydrogen-bond donors (Lipinski definition) is 0. The van der Waals surface area contributed by atoms with Crippen molar-refractivity contribution in [3.63, 3.8) is 0 Å². The Balaban J connectivity index is 2.17. The van der Waals surface area contributed by atoms with E-state index in [1.807, 2.05) is 12.1 Å². The first kappa shape index (κ1) is 10.2. The van der Waals surface area contributed by atoms with Crippen molar-refractivity contribution < 1.29 is 14.3 Å². The van der Waals surface area contributed by atoms with Crippen LogP contribution in [0.3, 0.4) is 0 Å². The van der Waals surface area contributed by atoms with Gasteiger partial charge in [0, 0.05) is 12.4 Å². The van der Waals surface area contributed by atoms with Crippen LogP contribution in [0.5, 0.6) is 5.75 Å². The quantitative estimate of drug-likeness (QED) is 0.723. The molecule has 2 aromatic rings. The number of carbonyl (C=O) groups excluding carboxylic acids is 1. The van der Waals surface area contributed by atoms with Gasteiger partial charge in [0.1, 0.15) is 0 Å². The van der Waals surface area contributed by atoms with Gasteiger partial charge < -0.3 is 14.0 Å². The monoisotopic (exact) mass is 218 g/mol. The number of aromatic nitrogens is 2. The minimum Gasteiger partial charge on any atom is -0.437 e. The molecular weight excluding hydrogens is 208 g/mol. The maximum atomic E-state index is 10.9. The number of pyridine rings is 1. The second-order valence-corrected chi connectivity index (χ2v) is 3.02. The van der Waals surface area contributed by atoms with Crippen LogP contribution in [-0.4, -0.2) is 22.8 Å². The Kier molecular flexibility index (Phi) is 2.86. The van der Waals surface area contributed by atoms with E-state index in [0.717, 1.165) is 5.69 Å². The van der Waals surface area contributed by atoms with Crippen LogP contribution in [0.15, 0.2) is 43.0 Å². The zero-order chi connectivity index (χ0) is 11.4. The second kappa shape index (κ2) is 4.48. The Bertz CT molecular complexity index is 479. The Morgan fingerprint density at radius 1 is 1.44 bits per heavy atom. The van der Waals surface area contributed by atoms with Crippen molar-refractivity contribution >= 4 is 6.16 Å². The van der Waals surface area contributed by atoms with E-state index in [9.17, 15) is 4.79 Å². The Morgan fingerprint density at radius 2 is 2.31 bits per heavy atom. The summed E-state index contributed by atoms with van der Waals surface area (Å²) in [6.45, 7) is 0. The topological polar surface area (TPSA) is 53.4 Å². The van der Waals surface area contributed by atoms with Gasteiger partial charge >= 0.3 is 6.16 Å². The van der Waals surface area contributed by atoms with Gasteiger partial charge in [0.05, 0.1) is 25.2 Å². The average molecular weight is 218 g/mol. The van der Waals surface area contributed by atoms with E-state index in [1.54, 1.807) is 35.4 Å². The summed E-state index contributed by atoms with van der Waals surface area (Å²) in [6, 6.07) is 5.40. The molecule has 0 saturated heterocycles. The van der Waals surface area contributed by atoms with E-state index in [-0.39, 0.29) is 0 Å². The van der Waals surface area contributed by atoms with Crippen molar-refractivity contribution in [3.05, 3.63) is 43.0 Å². The van der Waals surface area contributed by atoms with Crippen LogP contribution in [0.2, 0.25) is 0 Å². The number of methoxy groups -OCH3 is 1. The van der Waals surface area contributed by atoms with Crippen molar-refractivity contribution in [2.24, 2.45) is 0 Å². The molecule has 0 fully saturated rings. The van der Waals surface area contributed by atoms with Crippen LogP contribution in [0.1, 0.15) is 0 Å². The fraction of sp³-hybridized carbons (Fsp3) is 0.0909. The smallest absolute Gasteiger partial charge is 0.437 e. The van der Waals surface area contributed by atoms with E-state index >= 15 is 0 Å². The van der Waals surface area contributed by atoms with Gasteiger partial charge in [0.25, 0.3) is 0 Å². The fourth-order valence-corrected chi connectivity index (χ4v) is 1.24.